The van der Waals surface area contributed by atoms with E-state index in [1.54, 1.807) is 0 Å². The summed E-state index contributed by atoms with van der Waals surface area (Å²) < 4.78 is 2.00. The third-order valence-electron chi connectivity index (χ3n) is 5.87. The topological polar surface area (TPSA) is 61.7 Å². The number of likely N-dealkylation sites (N-methyl/N-ethyl adjacent to an activating group) is 1. The van der Waals surface area contributed by atoms with Crippen LogP contribution in [0.4, 0.5) is 5.69 Å². The van der Waals surface area contributed by atoms with E-state index in [1.807, 2.05) is 33.9 Å². The van der Waals surface area contributed by atoms with Gasteiger partial charge in [0.05, 0.1) is 17.9 Å². The molecule has 3 saturated heterocycles. The summed E-state index contributed by atoms with van der Waals surface area (Å²) >= 11 is 0. The van der Waals surface area contributed by atoms with Crippen molar-refractivity contribution in [3.8, 4) is 0 Å². The number of aromatic nitrogens is 2. The minimum atomic E-state index is 0.204. The number of anilines is 1. The summed E-state index contributed by atoms with van der Waals surface area (Å²) in [6.45, 7) is 3.70. The van der Waals surface area contributed by atoms with Crippen LogP contribution in [-0.4, -0.2) is 70.7 Å². The van der Waals surface area contributed by atoms with E-state index >= 15 is 0 Å². The van der Waals surface area contributed by atoms with E-state index in [0.717, 1.165) is 57.5 Å². The Morgan fingerprint density at radius 3 is 2.68 bits per heavy atom. The van der Waals surface area contributed by atoms with E-state index in [9.17, 15) is 9.59 Å². The van der Waals surface area contributed by atoms with Crippen molar-refractivity contribution >= 4 is 17.5 Å². The van der Waals surface area contributed by atoms with Crippen LogP contribution in [0.3, 0.4) is 0 Å². The van der Waals surface area contributed by atoms with Gasteiger partial charge in [-0.3, -0.25) is 19.2 Å². The number of hydrogen-bond acceptors (Lipinski definition) is 4. The van der Waals surface area contributed by atoms with E-state index in [1.165, 1.54) is 0 Å². The summed E-state index contributed by atoms with van der Waals surface area (Å²) in [5.41, 5.74) is 0.926. The number of rotatable bonds is 4. The molecule has 1 aromatic heterocycles. The van der Waals surface area contributed by atoms with Gasteiger partial charge < -0.3 is 9.80 Å². The first kappa shape index (κ1) is 16.6. The van der Waals surface area contributed by atoms with Crippen LogP contribution in [0.15, 0.2) is 12.4 Å². The molecule has 0 aromatic carbocycles. The largest absolute Gasteiger partial charge is 0.341 e. The maximum Gasteiger partial charge on any atom is 0.227 e. The van der Waals surface area contributed by atoms with Gasteiger partial charge in [0.2, 0.25) is 11.8 Å². The molecule has 25 heavy (non-hydrogen) atoms. The van der Waals surface area contributed by atoms with Gasteiger partial charge in [-0.1, -0.05) is 6.42 Å². The normalized spacial score (nSPS) is 26.2. The predicted molar refractivity (Wildman–Crippen MR) is 94.3 cm³/mol. The number of amides is 2. The molecule has 3 aliphatic rings. The Balaban J connectivity index is 1.31. The van der Waals surface area contributed by atoms with Crippen LogP contribution in [0.1, 0.15) is 44.6 Å². The first-order chi connectivity index (χ1) is 12.1. The Morgan fingerprint density at radius 2 is 1.92 bits per heavy atom. The van der Waals surface area contributed by atoms with Gasteiger partial charge in [0.15, 0.2) is 0 Å². The van der Waals surface area contributed by atoms with Crippen molar-refractivity contribution in [2.45, 2.75) is 50.6 Å². The summed E-state index contributed by atoms with van der Waals surface area (Å²) in [7, 11) is 1.95. The van der Waals surface area contributed by atoms with Gasteiger partial charge >= 0.3 is 0 Å². The second-order valence-corrected chi connectivity index (χ2v) is 7.60. The molecule has 1 aromatic rings. The molecule has 1 atom stereocenters. The van der Waals surface area contributed by atoms with Crippen molar-refractivity contribution < 1.29 is 9.59 Å². The highest BCUT2D eigenvalue weighted by Crippen LogP contribution is 2.27. The Labute approximate surface area is 148 Å². The molecule has 136 valence electrons. The smallest absolute Gasteiger partial charge is 0.227 e. The third kappa shape index (κ3) is 3.29. The molecule has 7 nitrogen and oxygen atoms in total. The second kappa shape index (κ2) is 6.78. The number of carbonyl (C=O) groups excluding carboxylic acids is 2. The summed E-state index contributed by atoms with van der Waals surface area (Å²) in [5, 5.41) is 4.47. The molecule has 0 aliphatic carbocycles. The highest BCUT2D eigenvalue weighted by molar-refractivity contribution is 5.95. The summed E-state index contributed by atoms with van der Waals surface area (Å²) in [5.74, 6) is 0.488. The summed E-state index contributed by atoms with van der Waals surface area (Å²) in [6, 6.07) is 0.713. The van der Waals surface area contributed by atoms with E-state index in [2.05, 4.69) is 10.00 Å². The zero-order valence-electron chi connectivity index (χ0n) is 14.9. The first-order valence-corrected chi connectivity index (χ1v) is 9.44. The molecule has 0 radical (unpaired) electrons. The Morgan fingerprint density at radius 1 is 1.12 bits per heavy atom. The number of carbonyl (C=O) groups is 2. The van der Waals surface area contributed by atoms with Gasteiger partial charge in [0.25, 0.3) is 0 Å². The number of likely N-dealkylation sites (tertiary alicyclic amines) is 2. The molecule has 0 bridgehead atoms. The third-order valence-corrected chi connectivity index (χ3v) is 5.87. The van der Waals surface area contributed by atoms with Crippen LogP contribution in [0.5, 0.6) is 0 Å². The van der Waals surface area contributed by atoms with E-state index in [-0.39, 0.29) is 11.8 Å². The lowest BCUT2D eigenvalue weighted by molar-refractivity contribution is -0.132. The second-order valence-electron chi connectivity index (χ2n) is 7.60. The Hall–Kier alpha value is -1.89. The van der Waals surface area contributed by atoms with Gasteiger partial charge in [0, 0.05) is 58.3 Å². The molecule has 4 heterocycles. The number of nitrogens with zero attached hydrogens (tertiary/aromatic N) is 5. The highest BCUT2D eigenvalue weighted by Gasteiger charge is 2.33. The molecule has 3 fully saturated rings. The van der Waals surface area contributed by atoms with Crippen LogP contribution in [0.2, 0.25) is 0 Å². The first-order valence-electron chi connectivity index (χ1n) is 9.44. The molecule has 0 N–H and O–H groups in total. The van der Waals surface area contributed by atoms with Gasteiger partial charge in [-0.2, -0.15) is 5.10 Å². The average molecular weight is 345 g/mol. The minimum Gasteiger partial charge on any atom is -0.341 e. The minimum absolute atomic E-state index is 0.204. The molecule has 0 saturated carbocycles. The van der Waals surface area contributed by atoms with E-state index in [4.69, 9.17) is 0 Å². The lowest BCUT2D eigenvalue weighted by atomic mass is 10.0. The molecular formula is C18H27N5O2. The fourth-order valence-corrected chi connectivity index (χ4v) is 4.19. The molecule has 3 aliphatic heterocycles. The maximum absolute atomic E-state index is 12.0. The SMILES string of the molecule is CN1C(=O)CCCCC1CN1CC(n2cc(N3CCCC3=O)cn2)C1. The monoisotopic (exact) mass is 345 g/mol. The molecular weight excluding hydrogens is 318 g/mol. The molecule has 7 heteroatoms. The molecule has 2 amide bonds. The van der Waals surface area contributed by atoms with E-state index in [0.29, 0.717) is 24.9 Å². The lowest BCUT2D eigenvalue weighted by Crippen LogP contribution is -2.53. The van der Waals surface area contributed by atoms with Crippen LogP contribution in [0, 0.1) is 0 Å². The molecule has 4 rings (SSSR count). The van der Waals surface area contributed by atoms with Gasteiger partial charge in [-0.05, 0) is 19.3 Å². The van der Waals surface area contributed by atoms with Crippen molar-refractivity contribution in [2.24, 2.45) is 0 Å². The zero-order valence-corrected chi connectivity index (χ0v) is 14.9. The van der Waals surface area contributed by atoms with Crippen LogP contribution >= 0.6 is 0 Å². The van der Waals surface area contributed by atoms with Gasteiger partial charge in [0.1, 0.15) is 0 Å². The fourth-order valence-electron chi connectivity index (χ4n) is 4.19. The van der Waals surface area contributed by atoms with Crippen molar-refractivity contribution in [2.75, 3.05) is 38.1 Å². The van der Waals surface area contributed by atoms with Gasteiger partial charge in [-0.15, -0.1) is 0 Å². The zero-order chi connectivity index (χ0) is 17.4. The summed E-state index contributed by atoms with van der Waals surface area (Å²) in [6.07, 6.45) is 9.37. The van der Waals surface area contributed by atoms with Crippen LogP contribution in [-0.2, 0) is 9.59 Å². The van der Waals surface area contributed by atoms with Crippen molar-refractivity contribution in [1.82, 2.24) is 19.6 Å². The molecule has 0 spiro atoms. The Bertz CT molecular complexity index is 652. The highest BCUT2D eigenvalue weighted by atomic mass is 16.2. The van der Waals surface area contributed by atoms with Gasteiger partial charge in [-0.25, -0.2) is 0 Å². The fraction of sp³-hybridized carbons (Fsp3) is 0.722. The van der Waals surface area contributed by atoms with Crippen molar-refractivity contribution in [3.63, 3.8) is 0 Å². The summed E-state index contributed by atoms with van der Waals surface area (Å²) in [4.78, 5) is 30.1. The standard InChI is InChI=1S/C18H27N5O2/c1-20-14(5-2-3-6-17(20)24)10-21-11-16(12-21)23-13-15(9-19-23)22-8-4-7-18(22)25/h9,13-14,16H,2-8,10-12H2,1H3. The van der Waals surface area contributed by atoms with Crippen molar-refractivity contribution in [1.29, 1.82) is 0 Å². The molecule has 1 unspecified atom stereocenters. The number of hydrogen-bond donors (Lipinski definition) is 0. The van der Waals surface area contributed by atoms with Crippen molar-refractivity contribution in [3.05, 3.63) is 12.4 Å². The van der Waals surface area contributed by atoms with Crippen LogP contribution in [0.25, 0.3) is 0 Å². The predicted octanol–water partition coefficient (Wildman–Crippen LogP) is 1.27. The Kier molecular flexibility index (Phi) is 4.50. The quantitative estimate of drug-likeness (QED) is 0.824. The lowest BCUT2D eigenvalue weighted by Gasteiger charge is -2.42. The average Bonchev–Trinajstić information content (AvgIpc) is 3.16. The van der Waals surface area contributed by atoms with E-state index < -0.39 is 0 Å². The maximum atomic E-state index is 12.0. The van der Waals surface area contributed by atoms with Crippen LogP contribution < -0.4 is 4.90 Å².